The third kappa shape index (κ3) is 16.6. The van der Waals surface area contributed by atoms with E-state index in [4.69, 9.17) is 18.9 Å². The Morgan fingerprint density at radius 3 is 0.833 bits per heavy atom. The third-order valence-corrected chi connectivity index (χ3v) is 14.8. The zero-order valence-corrected chi connectivity index (χ0v) is 51.7. The molecule has 0 atom stereocenters. The fourth-order valence-electron chi connectivity index (χ4n) is 10.1. The number of rotatable bonds is 18. The van der Waals surface area contributed by atoms with Gasteiger partial charge in [-0.2, -0.15) is 0 Å². The van der Waals surface area contributed by atoms with Gasteiger partial charge in [0, 0.05) is 61.3 Å². The topological polar surface area (TPSA) is 205 Å². The predicted molar refractivity (Wildman–Crippen MR) is 335 cm³/mol. The Hall–Kier alpha value is -8.14. The van der Waals surface area contributed by atoms with Crippen LogP contribution in [0.2, 0.25) is 0 Å². The highest BCUT2D eigenvalue weighted by Crippen LogP contribution is 2.45. The van der Waals surface area contributed by atoms with E-state index < -0.39 is 21.9 Å². The number of carbonyl (C=O) groups excluding carboxylic acids is 2. The summed E-state index contributed by atoms with van der Waals surface area (Å²) in [7, 11) is 0. The lowest BCUT2D eigenvalue weighted by atomic mass is 9.79. The van der Waals surface area contributed by atoms with Gasteiger partial charge in [0.2, 0.25) is 0 Å². The molecule has 0 saturated heterocycles. The minimum Gasteiger partial charge on any atom is -0.493 e. The predicted octanol–water partition coefficient (Wildman–Crippen LogP) is 15.3. The highest BCUT2D eigenvalue weighted by molar-refractivity contribution is 5.90. The van der Waals surface area contributed by atoms with Crippen molar-refractivity contribution < 1.29 is 38.4 Å². The number of amides is 4. The Kier molecular flexibility index (Phi) is 20.1. The molecule has 448 valence electrons. The van der Waals surface area contributed by atoms with Crippen molar-refractivity contribution in [1.29, 1.82) is 0 Å². The monoisotopic (exact) mass is 1150 g/mol. The van der Waals surface area contributed by atoms with Gasteiger partial charge in [-0.3, -0.25) is 20.2 Å². The van der Waals surface area contributed by atoms with E-state index in [2.05, 4.69) is 167 Å². The molecule has 8 bridgehead atoms. The van der Waals surface area contributed by atoms with Crippen molar-refractivity contribution in [3.8, 4) is 23.0 Å². The second kappa shape index (κ2) is 26.6. The summed E-state index contributed by atoms with van der Waals surface area (Å²) in [6.45, 7) is 32.5. The van der Waals surface area contributed by atoms with Crippen LogP contribution in [0.3, 0.4) is 0 Å². The number of hydrogen-bond donors (Lipinski definition) is 4. The van der Waals surface area contributed by atoms with E-state index in [1.807, 2.05) is 0 Å². The lowest BCUT2D eigenvalue weighted by molar-refractivity contribution is -0.385. The second-order valence-corrected chi connectivity index (χ2v) is 26.0. The second-order valence-electron chi connectivity index (χ2n) is 26.0. The average Bonchev–Trinajstić information content (AvgIpc) is 3.42. The van der Waals surface area contributed by atoms with Crippen molar-refractivity contribution in [2.75, 3.05) is 50.2 Å². The molecule has 16 heteroatoms. The Morgan fingerprint density at radius 1 is 0.405 bits per heavy atom. The maximum Gasteiger partial charge on any atom is 0.319 e. The molecule has 0 spiro atoms. The minimum absolute atomic E-state index is 0.0724. The summed E-state index contributed by atoms with van der Waals surface area (Å²) in [5.74, 6) is 3.02. The van der Waals surface area contributed by atoms with Crippen molar-refractivity contribution in [2.45, 2.75) is 157 Å². The van der Waals surface area contributed by atoms with Gasteiger partial charge >= 0.3 is 12.1 Å². The molecular weight excluding hydrogens is 1060 g/mol. The summed E-state index contributed by atoms with van der Waals surface area (Å²) in [6.07, 6.45) is 3.37. The van der Waals surface area contributed by atoms with Crippen LogP contribution in [0.15, 0.2) is 97.1 Å². The van der Waals surface area contributed by atoms with Crippen LogP contribution in [0.1, 0.15) is 177 Å². The number of ether oxygens (including phenoxy) is 4. The molecule has 0 saturated carbocycles. The van der Waals surface area contributed by atoms with Crippen LogP contribution in [-0.4, -0.2) is 61.4 Å². The Balaban J connectivity index is 1.43. The molecule has 1 aliphatic carbocycles. The van der Waals surface area contributed by atoms with Crippen LogP contribution >= 0.6 is 0 Å². The number of nitro benzene ring substituents is 2. The number of anilines is 2. The normalized spacial score (nSPS) is 12.6. The lowest BCUT2D eigenvalue weighted by Crippen LogP contribution is -2.32. The van der Waals surface area contributed by atoms with E-state index in [9.17, 15) is 29.8 Å². The maximum atomic E-state index is 13.3. The molecule has 0 fully saturated rings. The zero-order valence-electron chi connectivity index (χ0n) is 51.7. The van der Waals surface area contributed by atoms with Crippen molar-refractivity contribution >= 4 is 34.8 Å². The van der Waals surface area contributed by atoms with Gasteiger partial charge in [0.1, 0.15) is 36.2 Å². The fourth-order valence-corrected chi connectivity index (χ4v) is 10.1. The first-order valence-electron chi connectivity index (χ1n) is 29.3. The highest BCUT2D eigenvalue weighted by atomic mass is 16.6. The van der Waals surface area contributed by atoms with Crippen LogP contribution in [0.25, 0.3) is 0 Å². The summed E-state index contributed by atoms with van der Waals surface area (Å²) in [5, 5.41) is 34.0. The number of hydrogen-bond acceptors (Lipinski definition) is 10. The fraction of sp³-hybridized carbons (Fsp3) is 0.441. The number of non-ortho nitro benzene ring substituents is 2. The van der Waals surface area contributed by atoms with E-state index in [1.54, 1.807) is 0 Å². The molecule has 7 rings (SSSR count). The van der Waals surface area contributed by atoms with E-state index in [0.29, 0.717) is 61.8 Å². The van der Waals surface area contributed by atoms with Crippen LogP contribution in [-0.2, 0) is 47.3 Å². The average molecular weight is 1150 g/mol. The number of nitrogens with zero attached hydrogens (tertiary/aromatic N) is 2. The van der Waals surface area contributed by atoms with Gasteiger partial charge in [-0.25, -0.2) is 9.59 Å². The van der Waals surface area contributed by atoms with E-state index in [1.165, 1.54) is 48.5 Å². The standard InChI is InChI=1S/C68H86N6O10/c1-15-27-81-59-43-31-47-39-53(67(9,10)11)41-49(61(47)83-29-25-69-63(75)71-55-17-21-57(22-18-55)73(77)78)33-45-37-52(66(6,7)8)38-46(60(45)82-28-16-2)34-50-42-54(68(12,13)14)40-48(32-44(59)36-51(35-43)65(3,4)5)62(50)84-30-26-70-64(76)72-56-19-23-58(24-20-56)74(79)80/h17-24,35-42H,15-16,25-34H2,1-14H3,(H2,69,71,75)(H2,70,72,76). The number of nitrogens with one attached hydrogen (secondary N) is 4. The first-order valence-corrected chi connectivity index (χ1v) is 29.3. The van der Waals surface area contributed by atoms with Gasteiger partial charge in [0.25, 0.3) is 11.4 Å². The van der Waals surface area contributed by atoms with Crippen molar-refractivity contribution in [3.05, 3.63) is 184 Å². The van der Waals surface area contributed by atoms with Crippen molar-refractivity contribution in [1.82, 2.24) is 10.6 Å². The molecule has 6 aromatic carbocycles. The summed E-state index contributed by atoms with van der Waals surface area (Å²) in [6, 6.07) is 28.6. The molecule has 16 nitrogen and oxygen atoms in total. The number of carbonyl (C=O) groups is 2. The first-order chi connectivity index (χ1) is 39.5. The molecule has 0 radical (unpaired) electrons. The first kappa shape index (κ1) is 63.4. The van der Waals surface area contributed by atoms with Crippen LogP contribution in [0.4, 0.5) is 32.3 Å². The number of urea groups is 2. The van der Waals surface area contributed by atoms with Crippen LogP contribution in [0, 0.1) is 20.2 Å². The van der Waals surface area contributed by atoms with Crippen molar-refractivity contribution in [2.24, 2.45) is 0 Å². The van der Waals surface area contributed by atoms with Crippen LogP contribution in [0.5, 0.6) is 23.0 Å². The summed E-state index contributed by atoms with van der Waals surface area (Å²) < 4.78 is 28.1. The molecule has 0 aliphatic heterocycles. The van der Waals surface area contributed by atoms with Gasteiger partial charge in [-0.05, 0) is 126 Å². The number of nitro groups is 2. The van der Waals surface area contributed by atoms with Gasteiger partial charge in [0.15, 0.2) is 0 Å². The van der Waals surface area contributed by atoms with Gasteiger partial charge in [-0.1, -0.05) is 145 Å². The quantitative estimate of drug-likeness (QED) is 0.0363. The van der Waals surface area contributed by atoms with Gasteiger partial charge in [-0.15, -0.1) is 0 Å². The van der Waals surface area contributed by atoms with Gasteiger partial charge in [0.05, 0.1) is 36.1 Å². The molecule has 1 aliphatic rings. The molecule has 6 aromatic rings. The Labute approximate surface area is 496 Å². The zero-order chi connectivity index (χ0) is 61.3. The summed E-state index contributed by atoms with van der Waals surface area (Å²) in [5.41, 5.74) is 12.0. The molecule has 84 heavy (non-hydrogen) atoms. The molecule has 4 amide bonds. The minimum atomic E-state index is -0.482. The molecule has 0 aromatic heterocycles. The summed E-state index contributed by atoms with van der Waals surface area (Å²) in [4.78, 5) is 48.2. The molecule has 0 heterocycles. The SMILES string of the molecule is CCCOc1c2cc(C(C)(C)C)cc1Cc1cc(C(C)(C)C)cc(c1OCCNC(=O)Nc1ccc([N+](=O)[O-])cc1)Cc1cc(C(C)(C)C)cc(c1OCCC)Cc1cc(C(C)(C)C)cc(c1OCCNC(=O)Nc1ccc([N+](=O)[O-])cc1)C2. The van der Waals surface area contributed by atoms with Crippen molar-refractivity contribution in [3.63, 3.8) is 0 Å². The van der Waals surface area contributed by atoms with E-state index in [-0.39, 0.29) is 59.3 Å². The summed E-state index contributed by atoms with van der Waals surface area (Å²) >= 11 is 0. The Morgan fingerprint density at radius 2 is 0.631 bits per heavy atom. The van der Waals surface area contributed by atoms with E-state index >= 15 is 0 Å². The smallest absolute Gasteiger partial charge is 0.319 e. The number of fused-ring (bicyclic) bond motifs is 8. The Bertz CT molecular complexity index is 3030. The molecule has 4 N–H and O–H groups in total. The highest BCUT2D eigenvalue weighted by Gasteiger charge is 2.30. The van der Waals surface area contributed by atoms with E-state index in [0.717, 1.165) is 91.1 Å². The lowest BCUT2D eigenvalue weighted by Gasteiger charge is -2.29. The maximum absolute atomic E-state index is 13.3. The van der Waals surface area contributed by atoms with Gasteiger partial charge < -0.3 is 40.2 Å². The molecular formula is C68H86N6O10. The largest absolute Gasteiger partial charge is 0.493 e. The number of benzene rings is 6. The van der Waals surface area contributed by atoms with Crippen LogP contribution < -0.4 is 40.2 Å². The third-order valence-electron chi connectivity index (χ3n) is 14.8. The molecule has 0 unspecified atom stereocenters.